The van der Waals surface area contributed by atoms with Gasteiger partial charge in [0.15, 0.2) is 0 Å². The van der Waals surface area contributed by atoms with Crippen LogP contribution in [0.4, 0.5) is 0 Å². The van der Waals surface area contributed by atoms with Crippen LogP contribution >= 0.6 is 0 Å². The van der Waals surface area contributed by atoms with Gasteiger partial charge in [-0.15, -0.1) is 0 Å². The summed E-state index contributed by atoms with van der Waals surface area (Å²) in [6.45, 7) is 4.40. The molecular weight excluding hydrogens is 242 g/mol. The molecule has 102 valence electrons. The van der Waals surface area contributed by atoms with Gasteiger partial charge in [0, 0.05) is 25.2 Å². The number of allylic oxidation sites excluding steroid dienone is 1. The van der Waals surface area contributed by atoms with Crippen LogP contribution in [0, 0.1) is 6.92 Å². The first-order valence-electron chi connectivity index (χ1n) is 6.84. The fourth-order valence-electron chi connectivity index (χ4n) is 2.78. The second-order valence-electron chi connectivity index (χ2n) is 5.27. The molecule has 1 atom stereocenters. The topological polar surface area (TPSA) is 58.2 Å². The van der Waals surface area contributed by atoms with E-state index in [0.717, 1.165) is 50.2 Å². The summed E-state index contributed by atoms with van der Waals surface area (Å²) >= 11 is 0. The highest BCUT2D eigenvalue weighted by atomic mass is 16.5. The number of ether oxygens (including phenoxy) is 1. The molecule has 2 aliphatic heterocycles. The fraction of sp³-hybridized carbons (Fsp3) is 0.571. The number of H-pyrrole nitrogens is 1. The normalized spacial score (nSPS) is 22.9. The third-order valence-corrected chi connectivity index (χ3v) is 3.76. The molecule has 0 aliphatic carbocycles. The minimum Gasteiger partial charge on any atom is -0.497 e. The lowest BCUT2D eigenvalue weighted by Gasteiger charge is -2.31. The van der Waals surface area contributed by atoms with Crippen molar-refractivity contribution in [1.29, 1.82) is 0 Å². The van der Waals surface area contributed by atoms with Crippen LogP contribution in [0.15, 0.2) is 17.1 Å². The van der Waals surface area contributed by atoms with Crippen molar-refractivity contribution < 1.29 is 4.74 Å². The number of nitrogens with one attached hydrogen (secondary N) is 1. The maximum Gasteiger partial charge on any atom is 0.254 e. The highest BCUT2D eigenvalue weighted by molar-refractivity contribution is 5.20. The minimum absolute atomic E-state index is 0.0269. The summed E-state index contributed by atoms with van der Waals surface area (Å²) in [5.74, 6) is 0.697. The van der Waals surface area contributed by atoms with Crippen LogP contribution in [0.5, 0.6) is 0 Å². The number of nitrogens with zero attached hydrogens (tertiary/aromatic N) is 2. The quantitative estimate of drug-likeness (QED) is 0.867. The van der Waals surface area contributed by atoms with Crippen LogP contribution in [0.25, 0.3) is 0 Å². The number of rotatable bonds is 2. The molecule has 2 aliphatic rings. The van der Waals surface area contributed by atoms with Crippen LogP contribution in [-0.2, 0) is 17.7 Å². The van der Waals surface area contributed by atoms with Crippen molar-refractivity contribution in [3.05, 3.63) is 39.8 Å². The maximum absolute atomic E-state index is 11.8. The lowest BCUT2D eigenvalue weighted by Crippen LogP contribution is -2.40. The molecule has 0 amide bonds. The van der Waals surface area contributed by atoms with Crippen LogP contribution in [0.1, 0.15) is 29.9 Å². The van der Waals surface area contributed by atoms with Crippen molar-refractivity contribution in [3.8, 4) is 0 Å². The molecule has 1 N–H and O–H groups in total. The van der Waals surface area contributed by atoms with Crippen molar-refractivity contribution >= 4 is 0 Å². The van der Waals surface area contributed by atoms with E-state index in [9.17, 15) is 4.79 Å². The predicted molar refractivity (Wildman–Crippen MR) is 71.8 cm³/mol. The molecule has 0 spiro atoms. The molecule has 0 saturated heterocycles. The molecule has 0 saturated carbocycles. The summed E-state index contributed by atoms with van der Waals surface area (Å²) in [4.78, 5) is 21.4. The van der Waals surface area contributed by atoms with Crippen LogP contribution < -0.4 is 5.56 Å². The molecule has 0 bridgehead atoms. The van der Waals surface area contributed by atoms with Gasteiger partial charge >= 0.3 is 0 Å². The Kier molecular flexibility index (Phi) is 3.38. The Morgan fingerprint density at radius 1 is 1.58 bits per heavy atom. The summed E-state index contributed by atoms with van der Waals surface area (Å²) in [7, 11) is 0. The zero-order chi connectivity index (χ0) is 13.2. The minimum atomic E-state index is 0.0269. The average Bonchev–Trinajstić information content (AvgIpc) is 2.39. The van der Waals surface area contributed by atoms with Gasteiger partial charge in [0.25, 0.3) is 5.56 Å². The standard InChI is InChI=1S/C14H19N3O2/c1-10-15-13-9-17(6-5-12(13)14(18)16-10)8-11-4-2-3-7-19-11/h3,7,11H,2,4-6,8-9H2,1H3,(H,15,16,18). The molecular formula is C14H19N3O2. The average molecular weight is 261 g/mol. The maximum atomic E-state index is 11.8. The van der Waals surface area contributed by atoms with E-state index in [4.69, 9.17) is 4.74 Å². The lowest BCUT2D eigenvalue weighted by molar-refractivity contribution is 0.0730. The lowest BCUT2D eigenvalue weighted by atomic mass is 10.0. The van der Waals surface area contributed by atoms with Crippen molar-refractivity contribution in [3.63, 3.8) is 0 Å². The highest BCUT2D eigenvalue weighted by Crippen LogP contribution is 2.17. The molecule has 1 aromatic heterocycles. The largest absolute Gasteiger partial charge is 0.497 e. The summed E-state index contributed by atoms with van der Waals surface area (Å²) in [5, 5.41) is 0. The second kappa shape index (κ2) is 5.17. The summed E-state index contributed by atoms with van der Waals surface area (Å²) in [6, 6.07) is 0. The molecule has 19 heavy (non-hydrogen) atoms. The Bertz CT molecular complexity index is 550. The van der Waals surface area contributed by atoms with E-state index in [2.05, 4.69) is 20.9 Å². The van der Waals surface area contributed by atoms with E-state index in [-0.39, 0.29) is 11.7 Å². The van der Waals surface area contributed by atoms with E-state index in [1.807, 2.05) is 6.92 Å². The number of fused-ring (bicyclic) bond motifs is 1. The van der Waals surface area contributed by atoms with Crippen LogP contribution in [0.2, 0.25) is 0 Å². The first kappa shape index (κ1) is 12.4. The van der Waals surface area contributed by atoms with Crippen LogP contribution in [0.3, 0.4) is 0 Å². The number of hydrogen-bond acceptors (Lipinski definition) is 4. The molecule has 5 heteroatoms. The molecule has 0 radical (unpaired) electrons. The zero-order valence-electron chi connectivity index (χ0n) is 11.2. The number of hydrogen-bond donors (Lipinski definition) is 1. The van der Waals surface area contributed by atoms with Crippen LogP contribution in [-0.4, -0.2) is 34.1 Å². The number of aryl methyl sites for hydroxylation is 1. The van der Waals surface area contributed by atoms with Gasteiger partial charge in [-0.3, -0.25) is 9.69 Å². The molecule has 1 unspecified atom stereocenters. The first-order chi connectivity index (χ1) is 9.22. The van der Waals surface area contributed by atoms with Gasteiger partial charge in [-0.25, -0.2) is 4.98 Å². The smallest absolute Gasteiger partial charge is 0.254 e. The molecule has 3 heterocycles. The van der Waals surface area contributed by atoms with Crippen molar-refractivity contribution in [2.24, 2.45) is 0 Å². The van der Waals surface area contributed by atoms with Gasteiger partial charge in [0.05, 0.1) is 12.0 Å². The van der Waals surface area contributed by atoms with E-state index in [1.165, 1.54) is 0 Å². The monoisotopic (exact) mass is 261 g/mol. The summed E-state index contributed by atoms with van der Waals surface area (Å²) in [5.41, 5.74) is 1.81. The summed E-state index contributed by atoms with van der Waals surface area (Å²) < 4.78 is 5.61. The third-order valence-electron chi connectivity index (χ3n) is 3.76. The Hall–Kier alpha value is -1.62. The van der Waals surface area contributed by atoms with Gasteiger partial charge in [-0.1, -0.05) is 0 Å². The molecule has 1 aromatic rings. The van der Waals surface area contributed by atoms with Crippen molar-refractivity contribution in [1.82, 2.24) is 14.9 Å². The molecule has 0 fully saturated rings. The van der Waals surface area contributed by atoms with E-state index in [0.29, 0.717) is 5.82 Å². The van der Waals surface area contributed by atoms with Gasteiger partial charge in [0.2, 0.25) is 0 Å². The Balaban J connectivity index is 1.71. The highest BCUT2D eigenvalue weighted by Gasteiger charge is 2.23. The van der Waals surface area contributed by atoms with E-state index < -0.39 is 0 Å². The zero-order valence-corrected chi connectivity index (χ0v) is 11.2. The molecule has 5 nitrogen and oxygen atoms in total. The van der Waals surface area contributed by atoms with Gasteiger partial charge in [-0.2, -0.15) is 0 Å². The molecule has 0 aromatic carbocycles. The third kappa shape index (κ3) is 2.71. The Labute approximate surface area is 112 Å². The van der Waals surface area contributed by atoms with E-state index in [1.54, 1.807) is 6.26 Å². The van der Waals surface area contributed by atoms with Gasteiger partial charge in [-0.05, 0) is 32.3 Å². The fourth-order valence-corrected chi connectivity index (χ4v) is 2.78. The van der Waals surface area contributed by atoms with Crippen molar-refractivity contribution in [2.45, 2.75) is 38.8 Å². The van der Waals surface area contributed by atoms with Crippen molar-refractivity contribution in [2.75, 3.05) is 13.1 Å². The van der Waals surface area contributed by atoms with Gasteiger partial charge < -0.3 is 9.72 Å². The Morgan fingerprint density at radius 3 is 3.26 bits per heavy atom. The molecule has 3 rings (SSSR count). The SMILES string of the molecule is Cc1nc2c(c(=O)[nH]1)CCN(CC1CCC=CO1)C2. The van der Waals surface area contributed by atoms with Gasteiger partial charge in [0.1, 0.15) is 11.9 Å². The first-order valence-corrected chi connectivity index (χ1v) is 6.84. The van der Waals surface area contributed by atoms with E-state index >= 15 is 0 Å². The second-order valence-corrected chi connectivity index (χ2v) is 5.27. The summed E-state index contributed by atoms with van der Waals surface area (Å²) in [6.07, 6.45) is 7.08. The Morgan fingerprint density at radius 2 is 2.47 bits per heavy atom. The predicted octanol–water partition coefficient (Wildman–Crippen LogP) is 1.13. The number of aromatic amines is 1. The number of aromatic nitrogens is 2.